The summed E-state index contributed by atoms with van der Waals surface area (Å²) in [6, 6.07) is 28.4. The van der Waals surface area contributed by atoms with Gasteiger partial charge >= 0.3 is 5.69 Å². The fourth-order valence-corrected chi connectivity index (χ4v) is 7.64. The molecule has 0 saturated heterocycles. The van der Waals surface area contributed by atoms with Crippen LogP contribution in [0.3, 0.4) is 0 Å². The van der Waals surface area contributed by atoms with Crippen molar-refractivity contribution in [3.63, 3.8) is 0 Å². The third-order valence-corrected chi connectivity index (χ3v) is 10.8. The Bertz CT molecular complexity index is 1810. The van der Waals surface area contributed by atoms with Crippen molar-refractivity contribution in [1.82, 2.24) is 14.2 Å². The number of nitrogens with zero attached hydrogens (tertiary/aromatic N) is 4. The van der Waals surface area contributed by atoms with Crippen molar-refractivity contribution >= 4 is 20.3 Å². The number of nitrogens with one attached hydrogen (secondary N) is 1. The molecule has 0 fully saturated rings. The molecule has 0 radical (unpaired) electrons. The molecule has 1 unspecified atom stereocenters. The minimum Gasteiger partial charge on any atom is -0.497 e. The second-order valence-corrected chi connectivity index (χ2v) is 14.9. The highest BCUT2D eigenvalue weighted by Crippen LogP contribution is 2.47. The quantitative estimate of drug-likeness (QED) is 0.0543. The number of carbonyl (C=O) groups is 1. The smallest absolute Gasteiger partial charge is 0.349 e. The lowest BCUT2D eigenvalue weighted by Gasteiger charge is -2.38. The Morgan fingerprint density at radius 2 is 1.39 bits per heavy atom. The maximum atomic E-state index is 13.8. The first-order valence-corrected chi connectivity index (χ1v) is 19.2. The molecule has 54 heavy (non-hydrogen) atoms. The highest BCUT2D eigenvalue weighted by molar-refractivity contribution is 7.44. The summed E-state index contributed by atoms with van der Waals surface area (Å²) in [6.45, 7) is 11.9. The molecule has 0 saturated carbocycles. The zero-order valence-electron chi connectivity index (χ0n) is 32.4. The van der Waals surface area contributed by atoms with E-state index in [4.69, 9.17) is 23.3 Å². The first-order chi connectivity index (χ1) is 25.9. The molecule has 4 rings (SSSR count). The number of ether oxygens (including phenoxy) is 3. The predicted molar refractivity (Wildman–Crippen MR) is 210 cm³/mol. The molecule has 0 aliphatic rings. The summed E-state index contributed by atoms with van der Waals surface area (Å²) in [5.74, 6) is 0.980. The highest BCUT2D eigenvalue weighted by Gasteiger charge is 2.39. The molecule has 1 N–H and O–H groups in total. The average molecular weight is 758 g/mol. The fourth-order valence-electron chi connectivity index (χ4n) is 6.00. The molecule has 1 amide bonds. The topological polar surface area (TPSA) is 137 Å². The van der Waals surface area contributed by atoms with Gasteiger partial charge in [-0.25, -0.2) is 9.46 Å². The lowest BCUT2D eigenvalue weighted by atomic mass is 9.80. The van der Waals surface area contributed by atoms with Gasteiger partial charge in [0.15, 0.2) is 0 Å². The van der Waals surface area contributed by atoms with E-state index in [0.29, 0.717) is 11.5 Å². The maximum absolute atomic E-state index is 13.8. The van der Waals surface area contributed by atoms with Gasteiger partial charge in [-0.05, 0) is 74.7 Å². The fraction of sp³-hybridized carbons (Fsp3) is 0.415. The predicted octanol–water partition coefficient (Wildman–Crippen LogP) is 7.70. The van der Waals surface area contributed by atoms with E-state index in [2.05, 4.69) is 48.7 Å². The first kappa shape index (κ1) is 42.1. The van der Waals surface area contributed by atoms with Gasteiger partial charge in [0.25, 0.3) is 8.53 Å². The van der Waals surface area contributed by atoms with Gasteiger partial charge in [0.05, 0.1) is 52.6 Å². The zero-order valence-corrected chi connectivity index (χ0v) is 33.3. The molecule has 288 valence electrons. The Hall–Kier alpha value is -4.63. The second-order valence-electron chi connectivity index (χ2n) is 13.5. The normalized spacial score (nSPS) is 12.9. The zero-order chi connectivity index (χ0) is 39.3. The number of amides is 1. The number of hydrogen-bond donors (Lipinski definition) is 1. The Morgan fingerprint density at radius 1 is 0.833 bits per heavy atom. The molecular formula is C41H52N5O7P. The van der Waals surface area contributed by atoms with Gasteiger partial charge in [-0.2, -0.15) is 10.2 Å². The van der Waals surface area contributed by atoms with Crippen molar-refractivity contribution < 1.29 is 28.1 Å². The van der Waals surface area contributed by atoms with Crippen LogP contribution in [0.5, 0.6) is 11.5 Å². The van der Waals surface area contributed by atoms with Crippen LogP contribution in [0.2, 0.25) is 0 Å². The van der Waals surface area contributed by atoms with Gasteiger partial charge in [0.1, 0.15) is 22.9 Å². The minimum atomic E-state index is -1.65. The van der Waals surface area contributed by atoms with Crippen molar-refractivity contribution in [2.75, 3.05) is 39.4 Å². The van der Waals surface area contributed by atoms with Crippen molar-refractivity contribution in [2.24, 2.45) is 5.92 Å². The van der Waals surface area contributed by atoms with E-state index in [9.17, 15) is 14.9 Å². The van der Waals surface area contributed by atoms with Crippen LogP contribution in [0.15, 0.2) is 95.9 Å². The molecule has 4 aromatic rings. The van der Waals surface area contributed by atoms with E-state index in [1.54, 1.807) is 40.3 Å². The standard InChI is InChI=1S/C41H52N5O7P/c1-29(2)39(47)43-38-23-25-45(40(48)44-38)35(28-53-54(52-26-12-24-42)46(30(3)4)31(5)6)27-51-41(32-13-10-9-11-14-32,33-15-19-36(49-7)20-16-33)34-17-21-37(50-8)22-18-34/h9-11,13-23,25,29-31,35H,12,26-28H2,1-8H3,(H,43,44,47,48)/t35-,54?/m0/s1. The van der Waals surface area contributed by atoms with Crippen molar-refractivity contribution in [3.05, 3.63) is 118 Å². The molecule has 2 atom stereocenters. The van der Waals surface area contributed by atoms with Crippen LogP contribution in [0.1, 0.15) is 70.7 Å². The SMILES string of the molecule is COc1ccc(C(OC[C@@H](COP(OCCC#N)N(C(C)C)C(C)C)n2ccc(NC(=O)C(C)C)nc2=O)(c2ccccc2)c2ccc(OC)cc2)cc1. The third-order valence-electron chi connectivity index (χ3n) is 8.70. The van der Waals surface area contributed by atoms with E-state index in [1.165, 1.54) is 4.57 Å². The summed E-state index contributed by atoms with van der Waals surface area (Å²) in [5.41, 5.74) is 0.738. The monoisotopic (exact) mass is 757 g/mol. The van der Waals surface area contributed by atoms with Gasteiger partial charge in [-0.3, -0.25) is 9.36 Å². The van der Waals surface area contributed by atoms with E-state index in [-0.39, 0.29) is 56.0 Å². The number of anilines is 1. The number of rotatable bonds is 20. The lowest BCUT2D eigenvalue weighted by Crippen LogP contribution is -2.39. The summed E-state index contributed by atoms with van der Waals surface area (Å²) >= 11 is 0. The summed E-state index contributed by atoms with van der Waals surface area (Å²) in [7, 11) is 1.59. The summed E-state index contributed by atoms with van der Waals surface area (Å²) in [6.07, 6.45) is 1.80. The Morgan fingerprint density at radius 3 is 1.87 bits per heavy atom. The largest absolute Gasteiger partial charge is 0.497 e. The molecule has 0 spiro atoms. The molecular weight excluding hydrogens is 705 g/mol. The Balaban J connectivity index is 1.85. The highest BCUT2D eigenvalue weighted by atomic mass is 31.2. The lowest BCUT2D eigenvalue weighted by molar-refractivity contribution is -0.118. The molecule has 1 heterocycles. The van der Waals surface area contributed by atoms with Gasteiger partial charge in [0.2, 0.25) is 5.91 Å². The average Bonchev–Trinajstić information content (AvgIpc) is 3.17. The Kier molecular flexibility index (Phi) is 15.7. The Labute approximate surface area is 320 Å². The number of methoxy groups -OCH3 is 2. The maximum Gasteiger partial charge on any atom is 0.349 e. The molecule has 1 aromatic heterocycles. The minimum absolute atomic E-state index is 0.00355. The number of nitriles is 1. The van der Waals surface area contributed by atoms with Gasteiger partial charge in [-0.15, -0.1) is 0 Å². The molecule has 13 heteroatoms. The number of carbonyl (C=O) groups excluding carboxylic acids is 1. The van der Waals surface area contributed by atoms with Crippen LogP contribution in [-0.4, -0.2) is 66.3 Å². The number of benzene rings is 3. The van der Waals surface area contributed by atoms with E-state index in [1.807, 2.05) is 78.9 Å². The summed E-state index contributed by atoms with van der Waals surface area (Å²) < 4.78 is 34.6. The van der Waals surface area contributed by atoms with Crippen LogP contribution in [0.4, 0.5) is 5.82 Å². The van der Waals surface area contributed by atoms with E-state index in [0.717, 1.165) is 16.7 Å². The van der Waals surface area contributed by atoms with E-state index >= 15 is 0 Å². The molecule has 0 aliphatic carbocycles. The van der Waals surface area contributed by atoms with Crippen LogP contribution in [0.25, 0.3) is 0 Å². The summed E-state index contributed by atoms with van der Waals surface area (Å²) in [5, 5.41) is 12.0. The first-order valence-electron chi connectivity index (χ1n) is 18.0. The van der Waals surface area contributed by atoms with E-state index < -0.39 is 25.9 Å². The van der Waals surface area contributed by atoms with Crippen LogP contribution in [0, 0.1) is 17.2 Å². The van der Waals surface area contributed by atoms with Crippen molar-refractivity contribution in [2.45, 2.75) is 71.7 Å². The number of aromatic nitrogens is 2. The second kappa shape index (κ2) is 20.2. The van der Waals surface area contributed by atoms with Crippen molar-refractivity contribution in [1.29, 1.82) is 5.26 Å². The molecule has 12 nitrogen and oxygen atoms in total. The van der Waals surface area contributed by atoms with Gasteiger partial charge in [0, 0.05) is 24.2 Å². The number of hydrogen-bond acceptors (Lipinski definition) is 10. The summed E-state index contributed by atoms with van der Waals surface area (Å²) in [4.78, 5) is 30.5. The molecule has 0 bridgehead atoms. The third kappa shape index (κ3) is 10.5. The molecule has 3 aromatic carbocycles. The molecule has 0 aliphatic heterocycles. The van der Waals surface area contributed by atoms with Gasteiger partial charge in [-0.1, -0.05) is 68.4 Å². The van der Waals surface area contributed by atoms with Crippen LogP contribution >= 0.6 is 8.53 Å². The van der Waals surface area contributed by atoms with Crippen LogP contribution < -0.4 is 20.5 Å². The van der Waals surface area contributed by atoms with Gasteiger partial charge < -0.3 is 28.6 Å². The van der Waals surface area contributed by atoms with Crippen molar-refractivity contribution in [3.8, 4) is 17.6 Å². The van der Waals surface area contributed by atoms with Crippen LogP contribution in [-0.2, 0) is 24.2 Å².